The molecule has 1 aliphatic heterocycles. The molecule has 1 aromatic rings. The fraction of sp³-hybridized carbons (Fsp3) is 0.632. The van der Waals surface area contributed by atoms with Gasteiger partial charge in [-0.15, -0.1) is 0 Å². The maximum atomic E-state index is 11.3. The van der Waals surface area contributed by atoms with E-state index in [4.69, 9.17) is 14.6 Å². The third-order valence-corrected chi connectivity index (χ3v) is 5.56. The number of rotatable bonds is 10. The van der Waals surface area contributed by atoms with E-state index in [1.807, 2.05) is 0 Å². The van der Waals surface area contributed by atoms with E-state index in [-0.39, 0.29) is 4.90 Å². The number of guanidine groups is 1. The zero-order valence-electron chi connectivity index (χ0n) is 16.5. The molecule has 0 saturated carbocycles. The van der Waals surface area contributed by atoms with Crippen LogP contribution in [-0.4, -0.2) is 60.9 Å². The summed E-state index contributed by atoms with van der Waals surface area (Å²) in [5.41, 5.74) is 1.02. The van der Waals surface area contributed by atoms with Gasteiger partial charge in [-0.2, -0.15) is 0 Å². The number of sulfonamides is 1. The van der Waals surface area contributed by atoms with Crippen molar-refractivity contribution in [2.45, 2.75) is 30.6 Å². The number of primary sulfonamides is 1. The Hall–Kier alpha value is -1.68. The second kappa shape index (κ2) is 12.0. The summed E-state index contributed by atoms with van der Waals surface area (Å²) in [5.74, 6) is 1.38. The Labute approximate surface area is 167 Å². The van der Waals surface area contributed by atoms with Crippen LogP contribution in [0.5, 0.6) is 0 Å². The SMILES string of the molecule is CN=C(NCCCOCC1CCOCC1)NCCc1ccc(S(N)(=O)=O)cc1. The first-order chi connectivity index (χ1) is 13.5. The lowest BCUT2D eigenvalue weighted by molar-refractivity contribution is 0.0203. The van der Waals surface area contributed by atoms with Crippen LogP contribution in [-0.2, 0) is 25.9 Å². The third-order valence-electron chi connectivity index (χ3n) is 4.63. The maximum absolute atomic E-state index is 11.3. The molecule has 1 heterocycles. The van der Waals surface area contributed by atoms with Gasteiger partial charge in [0.05, 0.1) is 4.90 Å². The van der Waals surface area contributed by atoms with Gasteiger partial charge in [0.2, 0.25) is 10.0 Å². The van der Waals surface area contributed by atoms with Gasteiger partial charge < -0.3 is 20.1 Å². The fourth-order valence-corrected chi connectivity index (χ4v) is 3.45. The van der Waals surface area contributed by atoms with Crippen LogP contribution < -0.4 is 15.8 Å². The molecule has 0 amide bonds. The normalized spacial score (nSPS) is 16.1. The smallest absolute Gasteiger partial charge is 0.238 e. The molecule has 0 spiro atoms. The van der Waals surface area contributed by atoms with Crippen molar-refractivity contribution >= 4 is 16.0 Å². The number of aliphatic imine (C=N–C) groups is 1. The number of nitrogens with one attached hydrogen (secondary N) is 2. The molecule has 158 valence electrons. The van der Waals surface area contributed by atoms with Gasteiger partial charge in [0.1, 0.15) is 0 Å². The average Bonchev–Trinajstić information content (AvgIpc) is 2.69. The molecule has 0 radical (unpaired) electrons. The van der Waals surface area contributed by atoms with E-state index >= 15 is 0 Å². The summed E-state index contributed by atoms with van der Waals surface area (Å²) in [6, 6.07) is 6.59. The van der Waals surface area contributed by atoms with Crippen molar-refractivity contribution in [2.24, 2.45) is 16.0 Å². The van der Waals surface area contributed by atoms with E-state index in [1.165, 1.54) is 12.1 Å². The van der Waals surface area contributed by atoms with E-state index < -0.39 is 10.0 Å². The largest absolute Gasteiger partial charge is 0.381 e. The van der Waals surface area contributed by atoms with Crippen LogP contribution in [0.3, 0.4) is 0 Å². The van der Waals surface area contributed by atoms with Crippen LogP contribution in [0, 0.1) is 5.92 Å². The molecule has 0 atom stereocenters. The summed E-state index contributed by atoms with van der Waals surface area (Å²) in [7, 11) is -1.91. The average molecular weight is 413 g/mol. The van der Waals surface area contributed by atoms with E-state index in [1.54, 1.807) is 19.2 Å². The van der Waals surface area contributed by atoms with Crippen molar-refractivity contribution < 1.29 is 17.9 Å². The van der Waals surface area contributed by atoms with Gasteiger partial charge in [-0.3, -0.25) is 4.99 Å². The molecule has 2 rings (SSSR count). The molecule has 0 aromatic heterocycles. The summed E-state index contributed by atoms with van der Waals surface area (Å²) < 4.78 is 33.6. The zero-order valence-corrected chi connectivity index (χ0v) is 17.3. The van der Waals surface area contributed by atoms with Crippen molar-refractivity contribution in [3.63, 3.8) is 0 Å². The Bertz CT molecular complexity index is 701. The molecule has 4 N–H and O–H groups in total. The number of hydrogen-bond acceptors (Lipinski definition) is 5. The van der Waals surface area contributed by atoms with Crippen LogP contribution in [0.2, 0.25) is 0 Å². The predicted octanol–water partition coefficient (Wildman–Crippen LogP) is 0.875. The zero-order chi connectivity index (χ0) is 20.2. The van der Waals surface area contributed by atoms with Crippen molar-refractivity contribution in [1.29, 1.82) is 0 Å². The Balaban J connectivity index is 1.56. The molecular formula is C19H32N4O4S. The van der Waals surface area contributed by atoms with Crippen LogP contribution in [0.25, 0.3) is 0 Å². The summed E-state index contributed by atoms with van der Waals surface area (Å²) in [4.78, 5) is 4.33. The molecule has 9 heteroatoms. The summed E-state index contributed by atoms with van der Waals surface area (Å²) in [5, 5.41) is 11.6. The monoisotopic (exact) mass is 412 g/mol. The van der Waals surface area contributed by atoms with E-state index in [0.717, 1.165) is 70.2 Å². The quantitative estimate of drug-likeness (QED) is 0.298. The molecule has 1 saturated heterocycles. The van der Waals surface area contributed by atoms with Gasteiger partial charge >= 0.3 is 0 Å². The summed E-state index contributed by atoms with van der Waals surface area (Å²) in [6.45, 7) is 4.74. The van der Waals surface area contributed by atoms with Gasteiger partial charge in [0, 0.05) is 46.6 Å². The number of ether oxygens (including phenoxy) is 2. The van der Waals surface area contributed by atoms with Gasteiger partial charge in [-0.1, -0.05) is 12.1 Å². The lowest BCUT2D eigenvalue weighted by Crippen LogP contribution is -2.39. The first-order valence-electron chi connectivity index (χ1n) is 9.71. The highest BCUT2D eigenvalue weighted by Crippen LogP contribution is 2.14. The van der Waals surface area contributed by atoms with Crippen molar-refractivity contribution in [3.8, 4) is 0 Å². The van der Waals surface area contributed by atoms with E-state index in [2.05, 4.69) is 15.6 Å². The molecule has 0 unspecified atom stereocenters. The number of nitrogens with two attached hydrogens (primary N) is 1. The Morgan fingerprint density at radius 2 is 1.89 bits per heavy atom. The van der Waals surface area contributed by atoms with Crippen molar-refractivity contribution in [3.05, 3.63) is 29.8 Å². The van der Waals surface area contributed by atoms with Crippen molar-refractivity contribution in [1.82, 2.24) is 10.6 Å². The minimum atomic E-state index is -3.64. The van der Waals surface area contributed by atoms with E-state index in [0.29, 0.717) is 12.5 Å². The Morgan fingerprint density at radius 3 is 2.54 bits per heavy atom. The lowest BCUT2D eigenvalue weighted by atomic mass is 10.0. The Kier molecular flexibility index (Phi) is 9.69. The van der Waals surface area contributed by atoms with Gasteiger partial charge in [-0.05, 0) is 49.3 Å². The lowest BCUT2D eigenvalue weighted by Gasteiger charge is -2.21. The standard InChI is InChI=1S/C19H32N4O4S/c1-21-19(22-10-2-12-27-15-17-8-13-26-14-9-17)23-11-7-16-3-5-18(6-4-16)28(20,24)25/h3-6,17H,2,7-15H2,1H3,(H2,20,24,25)(H2,21,22,23). The molecule has 1 aliphatic rings. The number of benzene rings is 1. The molecule has 1 fully saturated rings. The maximum Gasteiger partial charge on any atom is 0.238 e. The highest BCUT2D eigenvalue weighted by molar-refractivity contribution is 7.89. The topological polar surface area (TPSA) is 115 Å². The van der Waals surface area contributed by atoms with Crippen LogP contribution >= 0.6 is 0 Å². The van der Waals surface area contributed by atoms with Gasteiger partial charge in [0.15, 0.2) is 5.96 Å². The molecule has 8 nitrogen and oxygen atoms in total. The predicted molar refractivity (Wildman–Crippen MR) is 110 cm³/mol. The highest BCUT2D eigenvalue weighted by atomic mass is 32.2. The Morgan fingerprint density at radius 1 is 1.21 bits per heavy atom. The molecule has 1 aromatic carbocycles. The number of hydrogen-bond donors (Lipinski definition) is 3. The minimum absolute atomic E-state index is 0.126. The van der Waals surface area contributed by atoms with E-state index in [9.17, 15) is 8.42 Å². The molecule has 0 aliphatic carbocycles. The second-order valence-corrected chi connectivity index (χ2v) is 8.41. The molecule has 0 bridgehead atoms. The van der Waals surface area contributed by atoms with Crippen LogP contribution in [0.1, 0.15) is 24.8 Å². The minimum Gasteiger partial charge on any atom is -0.381 e. The second-order valence-electron chi connectivity index (χ2n) is 6.85. The van der Waals surface area contributed by atoms with Crippen LogP contribution in [0.15, 0.2) is 34.2 Å². The van der Waals surface area contributed by atoms with Gasteiger partial charge in [-0.25, -0.2) is 13.6 Å². The molecular weight excluding hydrogens is 380 g/mol. The summed E-state index contributed by atoms with van der Waals surface area (Å²) in [6.07, 6.45) is 3.86. The summed E-state index contributed by atoms with van der Waals surface area (Å²) >= 11 is 0. The third kappa shape index (κ3) is 8.55. The fourth-order valence-electron chi connectivity index (χ4n) is 2.94. The first-order valence-corrected chi connectivity index (χ1v) is 11.3. The van der Waals surface area contributed by atoms with Gasteiger partial charge in [0.25, 0.3) is 0 Å². The van der Waals surface area contributed by atoms with Crippen molar-refractivity contribution in [2.75, 3.05) is 46.6 Å². The highest BCUT2D eigenvalue weighted by Gasteiger charge is 2.13. The number of nitrogens with zero attached hydrogens (tertiary/aromatic N) is 1. The molecule has 28 heavy (non-hydrogen) atoms. The van der Waals surface area contributed by atoms with Crippen LogP contribution in [0.4, 0.5) is 0 Å². The first kappa shape index (κ1) is 22.6.